The van der Waals surface area contributed by atoms with Crippen LogP contribution in [0.1, 0.15) is 30.8 Å². The van der Waals surface area contributed by atoms with Crippen molar-refractivity contribution in [3.63, 3.8) is 0 Å². The highest BCUT2D eigenvalue weighted by Crippen LogP contribution is 2.24. The fraction of sp³-hybridized carbons (Fsp3) is 0.250. The number of hydrogen-bond donors (Lipinski definition) is 1. The van der Waals surface area contributed by atoms with Crippen LogP contribution in [-0.4, -0.2) is 21.8 Å². The van der Waals surface area contributed by atoms with E-state index in [2.05, 4.69) is 31.4 Å². The van der Waals surface area contributed by atoms with Gasteiger partial charge in [0.25, 0.3) is 5.89 Å². The molecule has 1 atom stereocenters. The van der Waals surface area contributed by atoms with Crippen LogP contribution in [0.2, 0.25) is 0 Å². The Balaban J connectivity index is 1.61. The molecule has 0 spiro atoms. The largest absolute Gasteiger partial charge is 0.345 e. The summed E-state index contributed by atoms with van der Waals surface area (Å²) in [6.45, 7) is 4.02. The molecule has 140 valence electrons. The standard InChI is InChI=1S/C20H20BrN3O2S/c1-3-17(22-18(25)12-27-16-9-7-13(2)8-10-16)19-23-20(26-24-19)14-5-4-6-15(21)11-14/h4-11,17H,3,12H2,1-2H3,(H,22,25)/t17-/m1/s1. The normalized spacial score (nSPS) is 12.0. The van der Waals surface area contributed by atoms with Gasteiger partial charge in [-0.1, -0.05) is 51.8 Å². The van der Waals surface area contributed by atoms with Crippen LogP contribution >= 0.6 is 27.7 Å². The van der Waals surface area contributed by atoms with E-state index in [9.17, 15) is 4.79 Å². The minimum atomic E-state index is -0.277. The maximum Gasteiger partial charge on any atom is 0.258 e. The van der Waals surface area contributed by atoms with Gasteiger partial charge in [-0.05, 0) is 43.7 Å². The quantitative estimate of drug-likeness (QED) is 0.508. The van der Waals surface area contributed by atoms with Crippen molar-refractivity contribution in [1.29, 1.82) is 0 Å². The summed E-state index contributed by atoms with van der Waals surface area (Å²) in [5.41, 5.74) is 2.03. The van der Waals surface area contributed by atoms with E-state index >= 15 is 0 Å². The summed E-state index contributed by atoms with van der Waals surface area (Å²) in [7, 11) is 0. The lowest BCUT2D eigenvalue weighted by molar-refractivity contribution is -0.119. The molecule has 0 fully saturated rings. The molecule has 3 aromatic rings. The van der Waals surface area contributed by atoms with Gasteiger partial charge in [0.1, 0.15) is 0 Å². The van der Waals surface area contributed by atoms with Crippen molar-refractivity contribution in [2.75, 3.05) is 5.75 Å². The number of aryl methyl sites for hydroxylation is 1. The number of hydrogen-bond acceptors (Lipinski definition) is 5. The van der Waals surface area contributed by atoms with E-state index in [1.54, 1.807) is 0 Å². The SMILES string of the molecule is CC[C@@H](NC(=O)CSc1ccc(C)cc1)c1noc(-c2cccc(Br)c2)n1. The molecule has 1 N–H and O–H groups in total. The average molecular weight is 446 g/mol. The summed E-state index contributed by atoms with van der Waals surface area (Å²) < 4.78 is 6.31. The molecule has 27 heavy (non-hydrogen) atoms. The summed E-state index contributed by atoms with van der Waals surface area (Å²) in [5, 5.41) is 7.04. The van der Waals surface area contributed by atoms with E-state index in [-0.39, 0.29) is 11.9 Å². The van der Waals surface area contributed by atoms with Gasteiger partial charge in [0.15, 0.2) is 5.82 Å². The Morgan fingerprint density at radius 3 is 2.74 bits per heavy atom. The number of thioether (sulfide) groups is 1. The Labute approximate surface area is 171 Å². The molecule has 0 bridgehead atoms. The first kappa shape index (κ1) is 19.6. The third-order valence-electron chi connectivity index (χ3n) is 3.96. The lowest BCUT2D eigenvalue weighted by Crippen LogP contribution is -2.30. The van der Waals surface area contributed by atoms with Gasteiger partial charge in [-0.2, -0.15) is 4.98 Å². The van der Waals surface area contributed by atoms with Crippen LogP contribution in [0, 0.1) is 6.92 Å². The van der Waals surface area contributed by atoms with E-state index < -0.39 is 0 Å². The number of nitrogens with one attached hydrogen (secondary N) is 1. The number of aromatic nitrogens is 2. The van der Waals surface area contributed by atoms with Crippen LogP contribution in [0.5, 0.6) is 0 Å². The molecule has 0 aliphatic rings. The molecule has 2 aromatic carbocycles. The van der Waals surface area contributed by atoms with Crippen LogP contribution < -0.4 is 5.32 Å². The predicted molar refractivity (Wildman–Crippen MR) is 111 cm³/mol. The number of benzene rings is 2. The number of halogens is 1. The Morgan fingerprint density at radius 2 is 2.04 bits per heavy atom. The van der Waals surface area contributed by atoms with Crippen molar-refractivity contribution < 1.29 is 9.32 Å². The molecule has 1 aromatic heterocycles. The fourth-order valence-corrected chi connectivity index (χ4v) is 3.59. The first-order chi connectivity index (χ1) is 13.0. The van der Waals surface area contributed by atoms with Crippen LogP contribution in [0.25, 0.3) is 11.5 Å². The predicted octanol–water partition coefficient (Wildman–Crippen LogP) is 5.17. The average Bonchev–Trinajstić information content (AvgIpc) is 3.16. The highest BCUT2D eigenvalue weighted by molar-refractivity contribution is 9.10. The number of amides is 1. The number of carbonyl (C=O) groups excluding carboxylic acids is 1. The zero-order valence-electron chi connectivity index (χ0n) is 15.1. The number of nitrogens with zero attached hydrogens (tertiary/aromatic N) is 2. The fourth-order valence-electron chi connectivity index (χ4n) is 2.48. The molecule has 0 saturated carbocycles. The zero-order valence-corrected chi connectivity index (χ0v) is 17.5. The second-order valence-corrected chi connectivity index (χ2v) is 8.06. The zero-order chi connectivity index (χ0) is 19.2. The molecule has 7 heteroatoms. The maximum absolute atomic E-state index is 12.3. The van der Waals surface area contributed by atoms with Crippen molar-refractivity contribution in [3.05, 3.63) is 64.4 Å². The highest BCUT2D eigenvalue weighted by Gasteiger charge is 2.19. The Morgan fingerprint density at radius 1 is 1.26 bits per heavy atom. The smallest absolute Gasteiger partial charge is 0.258 e. The van der Waals surface area contributed by atoms with Crippen LogP contribution in [0.15, 0.2) is 62.4 Å². The molecular weight excluding hydrogens is 426 g/mol. The van der Waals surface area contributed by atoms with Crippen LogP contribution in [0.4, 0.5) is 0 Å². The van der Waals surface area contributed by atoms with Gasteiger partial charge in [0.05, 0.1) is 11.8 Å². The van der Waals surface area contributed by atoms with Gasteiger partial charge in [-0.3, -0.25) is 4.79 Å². The van der Waals surface area contributed by atoms with Gasteiger partial charge >= 0.3 is 0 Å². The van der Waals surface area contributed by atoms with E-state index in [0.29, 0.717) is 23.9 Å². The first-order valence-corrected chi connectivity index (χ1v) is 10.4. The Hall–Kier alpha value is -2.12. The molecule has 0 unspecified atom stereocenters. The second-order valence-electron chi connectivity index (χ2n) is 6.10. The molecule has 1 amide bonds. The van der Waals surface area contributed by atoms with Gasteiger partial charge in [-0.15, -0.1) is 11.8 Å². The van der Waals surface area contributed by atoms with E-state index in [0.717, 1.165) is 14.9 Å². The maximum atomic E-state index is 12.3. The van der Waals surface area contributed by atoms with E-state index in [1.165, 1.54) is 17.3 Å². The molecule has 5 nitrogen and oxygen atoms in total. The Kier molecular flexibility index (Phi) is 6.68. The summed E-state index contributed by atoms with van der Waals surface area (Å²) in [6.07, 6.45) is 0.679. The van der Waals surface area contributed by atoms with E-state index in [1.807, 2.05) is 62.4 Å². The first-order valence-electron chi connectivity index (χ1n) is 8.63. The van der Waals surface area contributed by atoms with Crippen molar-refractivity contribution in [2.24, 2.45) is 0 Å². The van der Waals surface area contributed by atoms with E-state index in [4.69, 9.17) is 4.52 Å². The third kappa shape index (κ3) is 5.43. The van der Waals surface area contributed by atoms with Gasteiger partial charge in [-0.25, -0.2) is 0 Å². The Bertz CT molecular complexity index is 912. The number of rotatable bonds is 7. The molecule has 0 aliphatic heterocycles. The van der Waals surface area contributed by atoms with Crippen LogP contribution in [0.3, 0.4) is 0 Å². The molecule has 0 saturated heterocycles. The lowest BCUT2D eigenvalue weighted by Gasteiger charge is -2.13. The third-order valence-corrected chi connectivity index (χ3v) is 5.46. The lowest BCUT2D eigenvalue weighted by atomic mass is 10.2. The minimum Gasteiger partial charge on any atom is -0.345 e. The molecule has 0 aliphatic carbocycles. The second kappa shape index (κ2) is 9.19. The van der Waals surface area contributed by atoms with Gasteiger partial charge in [0, 0.05) is 14.9 Å². The van der Waals surface area contributed by atoms with Gasteiger partial charge in [0.2, 0.25) is 5.91 Å². The monoisotopic (exact) mass is 445 g/mol. The summed E-state index contributed by atoms with van der Waals surface area (Å²) in [4.78, 5) is 17.8. The topological polar surface area (TPSA) is 68.0 Å². The summed E-state index contributed by atoms with van der Waals surface area (Å²) >= 11 is 4.94. The minimum absolute atomic E-state index is 0.0544. The van der Waals surface area contributed by atoms with Crippen molar-refractivity contribution in [3.8, 4) is 11.5 Å². The number of carbonyl (C=O) groups is 1. The molecule has 1 heterocycles. The summed E-state index contributed by atoms with van der Waals surface area (Å²) in [5.74, 6) is 1.21. The molecule has 0 radical (unpaired) electrons. The van der Waals surface area contributed by atoms with Crippen molar-refractivity contribution >= 4 is 33.6 Å². The highest BCUT2D eigenvalue weighted by atomic mass is 79.9. The molecule has 3 rings (SSSR count). The van der Waals surface area contributed by atoms with Crippen molar-refractivity contribution in [1.82, 2.24) is 15.5 Å². The molecular formula is C20H20BrN3O2S. The van der Waals surface area contributed by atoms with Gasteiger partial charge < -0.3 is 9.84 Å². The summed E-state index contributed by atoms with van der Waals surface area (Å²) in [6, 6.07) is 15.5. The van der Waals surface area contributed by atoms with Crippen LogP contribution in [-0.2, 0) is 4.79 Å². The van der Waals surface area contributed by atoms with Crippen molar-refractivity contribution in [2.45, 2.75) is 31.2 Å².